The lowest BCUT2D eigenvalue weighted by Gasteiger charge is -2.24. The minimum absolute atomic E-state index is 0.230. The number of hydrogen-bond donors (Lipinski definition) is 1. The Morgan fingerprint density at radius 3 is 2.88 bits per heavy atom. The maximum absolute atomic E-state index is 9.40. The lowest BCUT2D eigenvalue weighted by Crippen LogP contribution is -2.33. The highest BCUT2D eigenvalue weighted by molar-refractivity contribution is 5.89. The molecule has 84 valence electrons. The Bertz CT molecular complexity index is 437. The molecule has 3 rings (SSSR count). The lowest BCUT2D eigenvalue weighted by atomic mass is 10.2. The molecule has 0 bridgehead atoms. The van der Waals surface area contributed by atoms with Crippen molar-refractivity contribution >= 4 is 11.5 Å². The van der Waals surface area contributed by atoms with Gasteiger partial charge in [0.2, 0.25) is 0 Å². The number of phenolic OH excluding ortho intramolecular Hbond substituents is 1. The first-order valence-electron chi connectivity index (χ1n) is 5.61. The number of ether oxygens (including phenoxy) is 1. The highest BCUT2D eigenvalue weighted by atomic mass is 16.5. The largest absolute Gasteiger partial charge is 0.508 e. The van der Waals surface area contributed by atoms with E-state index in [0.717, 1.165) is 30.4 Å². The predicted octanol–water partition coefficient (Wildman–Crippen LogP) is 1.91. The molecule has 0 unspecified atom stereocenters. The van der Waals surface area contributed by atoms with E-state index in [1.54, 1.807) is 18.2 Å². The molecule has 2 heterocycles. The maximum Gasteiger partial charge on any atom is 0.146 e. The third kappa shape index (κ3) is 1.60. The number of rotatable bonds is 0. The molecule has 0 aromatic heterocycles. The van der Waals surface area contributed by atoms with Crippen LogP contribution in [0.25, 0.3) is 0 Å². The third-order valence-electron chi connectivity index (χ3n) is 3.02. The fraction of sp³-hybridized carbons (Fsp3) is 0.417. The highest BCUT2D eigenvalue weighted by Gasteiger charge is 2.21. The van der Waals surface area contributed by atoms with Gasteiger partial charge in [-0.25, -0.2) is 4.99 Å². The van der Waals surface area contributed by atoms with Crippen molar-refractivity contribution < 1.29 is 9.84 Å². The van der Waals surface area contributed by atoms with Gasteiger partial charge in [-0.1, -0.05) is 0 Å². The number of likely N-dealkylation sites (tertiary alicyclic amines) is 1. The highest BCUT2D eigenvalue weighted by Crippen LogP contribution is 2.34. The molecule has 1 N–H and O–H groups in total. The van der Waals surface area contributed by atoms with Crippen LogP contribution >= 0.6 is 0 Å². The number of aromatic hydroxyl groups is 1. The van der Waals surface area contributed by atoms with Crippen molar-refractivity contribution in [2.75, 3.05) is 19.7 Å². The number of fused-ring (bicyclic) bond motifs is 1. The van der Waals surface area contributed by atoms with E-state index in [9.17, 15) is 5.11 Å². The van der Waals surface area contributed by atoms with Gasteiger partial charge in [0.25, 0.3) is 0 Å². The van der Waals surface area contributed by atoms with Crippen LogP contribution < -0.4 is 4.74 Å². The predicted molar refractivity (Wildman–Crippen MR) is 61.5 cm³/mol. The van der Waals surface area contributed by atoms with Gasteiger partial charge in [0, 0.05) is 19.2 Å². The summed E-state index contributed by atoms with van der Waals surface area (Å²) in [6.45, 7) is 2.67. The maximum atomic E-state index is 9.40. The molecule has 1 fully saturated rings. The third-order valence-corrected chi connectivity index (χ3v) is 3.02. The Morgan fingerprint density at radius 2 is 2.06 bits per heavy atom. The zero-order chi connectivity index (χ0) is 11.0. The monoisotopic (exact) mass is 218 g/mol. The summed E-state index contributed by atoms with van der Waals surface area (Å²) in [5, 5.41) is 9.40. The van der Waals surface area contributed by atoms with Crippen molar-refractivity contribution in [3.63, 3.8) is 0 Å². The number of phenols is 1. The molecule has 1 aromatic carbocycles. The Kier molecular flexibility index (Phi) is 2.20. The standard InChI is InChI=1S/C12H14N2O2/c15-9-3-4-11-10(7-9)13-12(8-16-11)14-5-1-2-6-14/h3-4,7,15H,1-2,5-6,8H2. The molecule has 2 aliphatic rings. The second kappa shape index (κ2) is 3.70. The van der Waals surface area contributed by atoms with Gasteiger partial charge in [0.05, 0.1) is 0 Å². The summed E-state index contributed by atoms with van der Waals surface area (Å²) >= 11 is 0. The van der Waals surface area contributed by atoms with E-state index in [2.05, 4.69) is 9.89 Å². The van der Waals surface area contributed by atoms with Crippen LogP contribution in [-0.4, -0.2) is 35.5 Å². The molecule has 16 heavy (non-hydrogen) atoms. The summed E-state index contributed by atoms with van der Waals surface area (Å²) in [6.07, 6.45) is 2.46. The van der Waals surface area contributed by atoms with E-state index in [1.165, 1.54) is 12.8 Å². The van der Waals surface area contributed by atoms with E-state index < -0.39 is 0 Å². The van der Waals surface area contributed by atoms with Gasteiger partial charge in [-0.2, -0.15) is 0 Å². The van der Waals surface area contributed by atoms with Crippen LogP contribution in [0, 0.1) is 0 Å². The molecule has 4 nitrogen and oxygen atoms in total. The number of aliphatic imine (C=N–C) groups is 1. The van der Waals surface area contributed by atoms with Crippen LogP contribution in [0.15, 0.2) is 23.2 Å². The number of hydrogen-bond acceptors (Lipinski definition) is 4. The van der Waals surface area contributed by atoms with Gasteiger partial charge in [-0.15, -0.1) is 0 Å². The Morgan fingerprint density at radius 1 is 1.25 bits per heavy atom. The summed E-state index contributed by atoms with van der Waals surface area (Å²) in [6, 6.07) is 5.02. The molecular formula is C12H14N2O2. The van der Waals surface area contributed by atoms with Crippen LogP contribution in [0.1, 0.15) is 12.8 Å². The zero-order valence-electron chi connectivity index (χ0n) is 9.02. The molecule has 0 atom stereocenters. The van der Waals surface area contributed by atoms with Gasteiger partial charge >= 0.3 is 0 Å². The fourth-order valence-electron chi connectivity index (χ4n) is 2.17. The van der Waals surface area contributed by atoms with Crippen LogP contribution in [-0.2, 0) is 0 Å². The van der Waals surface area contributed by atoms with Gasteiger partial charge in [0.1, 0.15) is 29.6 Å². The van der Waals surface area contributed by atoms with Gasteiger partial charge in [-0.3, -0.25) is 0 Å². The van der Waals surface area contributed by atoms with E-state index in [1.807, 2.05) is 0 Å². The fourth-order valence-corrected chi connectivity index (χ4v) is 2.17. The molecule has 0 amide bonds. The second-order valence-electron chi connectivity index (χ2n) is 4.16. The second-order valence-corrected chi connectivity index (χ2v) is 4.16. The Balaban J connectivity index is 1.93. The average molecular weight is 218 g/mol. The Hall–Kier alpha value is -1.71. The molecule has 4 heteroatoms. The van der Waals surface area contributed by atoms with E-state index in [-0.39, 0.29) is 5.75 Å². The first kappa shape index (κ1) is 9.51. The molecule has 2 aliphatic heterocycles. The van der Waals surface area contributed by atoms with Crippen molar-refractivity contribution in [3.05, 3.63) is 18.2 Å². The van der Waals surface area contributed by atoms with E-state index in [0.29, 0.717) is 6.61 Å². The van der Waals surface area contributed by atoms with Crippen LogP contribution in [0.2, 0.25) is 0 Å². The summed E-state index contributed by atoms with van der Waals surface area (Å²) in [7, 11) is 0. The number of amidine groups is 1. The summed E-state index contributed by atoms with van der Waals surface area (Å²) in [5.41, 5.74) is 0.730. The molecule has 1 saturated heterocycles. The van der Waals surface area contributed by atoms with Crippen molar-refractivity contribution in [1.82, 2.24) is 4.90 Å². The topological polar surface area (TPSA) is 45.1 Å². The normalized spacial score (nSPS) is 19.0. The SMILES string of the molecule is Oc1ccc2c(c1)N=C(N1CCCC1)CO2. The molecule has 0 aliphatic carbocycles. The van der Waals surface area contributed by atoms with Gasteiger partial charge in [0.15, 0.2) is 0 Å². The summed E-state index contributed by atoms with van der Waals surface area (Å²) in [5.74, 6) is 1.96. The molecule has 0 spiro atoms. The van der Waals surface area contributed by atoms with Crippen molar-refractivity contribution in [2.45, 2.75) is 12.8 Å². The first-order chi connectivity index (χ1) is 7.83. The average Bonchev–Trinajstić information content (AvgIpc) is 2.81. The van der Waals surface area contributed by atoms with Crippen molar-refractivity contribution in [3.8, 4) is 11.5 Å². The first-order valence-corrected chi connectivity index (χ1v) is 5.61. The minimum atomic E-state index is 0.230. The smallest absolute Gasteiger partial charge is 0.146 e. The number of nitrogens with zero attached hydrogens (tertiary/aromatic N) is 2. The minimum Gasteiger partial charge on any atom is -0.508 e. The van der Waals surface area contributed by atoms with Gasteiger partial charge < -0.3 is 14.7 Å². The van der Waals surface area contributed by atoms with Crippen molar-refractivity contribution in [2.24, 2.45) is 4.99 Å². The summed E-state index contributed by atoms with van der Waals surface area (Å²) < 4.78 is 5.62. The van der Waals surface area contributed by atoms with Crippen LogP contribution in [0.3, 0.4) is 0 Å². The molecule has 0 radical (unpaired) electrons. The molecule has 1 aromatic rings. The number of benzene rings is 1. The zero-order valence-corrected chi connectivity index (χ0v) is 9.02. The van der Waals surface area contributed by atoms with Crippen LogP contribution in [0.4, 0.5) is 5.69 Å². The van der Waals surface area contributed by atoms with E-state index >= 15 is 0 Å². The van der Waals surface area contributed by atoms with Crippen molar-refractivity contribution in [1.29, 1.82) is 0 Å². The molecule has 0 saturated carbocycles. The molecular weight excluding hydrogens is 204 g/mol. The van der Waals surface area contributed by atoms with Gasteiger partial charge in [-0.05, 0) is 25.0 Å². The summed E-state index contributed by atoms with van der Waals surface area (Å²) in [4.78, 5) is 6.80. The van der Waals surface area contributed by atoms with Crippen LogP contribution in [0.5, 0.6) is 11.5 Å². The quantitative estimate of drug-likeness (QED) is 0.723. The Labute approximate surface area is 94.2 Å². The lowest BCUT2D eigenvalue weighted by molar-refractivity contribution is 0.344. The van der Waals surface area contributed by atoms with E-state index in [4.69, 9.17) is 4.74 Å².